The van der Waals surface area contributed by atoms with Gasteiger partial charge in [-0.15, -0.1) is 12.4 Å². The number of hydrogen-bond donors (Lipinski definition) is 2. The number of nitrogens with zero attached hydrogens (tertiary/aromatic N) is 1. The van der Waals surface area contributed by atoms with E-state index >= 15 is 0 Å². The highest BCUT2D eigenvalue weighted by Crippen LogP contribution is 2.09. The summed E-state index contributed by atoms with van der Waals surface area (Å²) in [6, 6.07) is 8.69. The second-order valence-corrected chi connectivity index (χ2v) is 5.57. The van der Waals surface area contributed by atoms with Crippen LogP contribution in [-0.4, -0.2) is 43.5 Å². The standard InChI is InChI=1S/C16H25N3O.ClH/c1-13-6-3-4-7-14(13)10-18-16(20)12-19-9-5-8-15(11-19)17-2;/h3-4,6-7,15,17H,5,8-12H2,1-2H3,(H,18,20);1H. The summed E-state index contributed by atoms with van der Waals surface area (Å²) in [5.41, 5.74) is 2.41. The number of rotatable bonds is 5. The Hall–Kier alpha value is -1.10. The number of amides is 1. The van der Waals surface area contributed by atoms with E-state index in [1.54, 1.807) is 0 Å². The highest BCUT2D eigenvalue weighted by atomic mass is 35.5. The number of likely N-dealkylation sites (N-methyl/N-ethyl adjacent to an activating group) is 1. The first-order valence-corrected chi connectivity index (χ1v) is 7.40. The molecule has 5 heteroatoms. The maximum atomic E-state index is 12.0. The van der Waals surface area contributed by atoms with Crippen LogP contribution in [0.1, 0.15) is 24.0 Å². The maximum absolute atomic E-state index is 12.0. The summed E-state index contributed by atoms with van der Waals surface area (Å²) >= 11 is 0. The molecule has 118 valence electrons. The molecule has 2 N–H and O–H groups in total. The minimum atomic E-state index is 0. The highest BCUT2D eigenvalue weighted by Gasteiger charge is 2.20. The summed E-state index contributed by atoms with van der Waals surface area (Å²) in [6.45, 7) is 5.19. The quantitative estimate of drug-likeness (QED) is 0.870. The molecular formula is C16H26ClN3O. The zero-order valence-electron chi connectivity index (χ0n) is 12.9. The van der Waals surface area contributed by atoms with Crippen molar-refractivity contribution in [3.8, 4) is 0 Å². The van der Waals surface area contributed by atoms with Crippen LogP contribution >= 0.6 is 12.4 Å². The fourth-order valence-corrected chi connectivity index (χ4v) is 2.70. The van der Waals surface area contributed by atoms with Gasteiger partial charge >= 0.3 is 0 Å². The van der Waals surface area contributed by atoms with Crippen LogP contribution in [0.3, 0.4) is 0 Å². The Labute approximate surface area is 133 Å². The van der Waals surface area contributed by atoms with E-state index in [1.807, 2.05) is 19.2 Å². The van der Waals surface area contributed by atoms with Crippen LogP contribution in [-0.2, 0) is 11.3 Å². The molecule has 1 unspecified atom stereocenters. The zero-order valence-corrected chi connectivity index (χ0v) is 13.7. The van der Waals surface area contributed by atoms with Crippen LogP contribution in [0.2, 0.25) is 0 Å². The van der Waals surface area contributed by atoms with Crippen LogP contribution in [0, 0.1) is 6.92 Å². The molecule has 4 nitrogen and oxygen atoms in total. The Morgan fingerprint density at radius 3 is 2.86 bits per heavy atom. The Bertz CT molecular complexity index is 453. The molecule has 0 saturated carbocycles. The number of hydrogen-bond acceptors (Lipinski definition) is 3. The number of carbonyl (C=O) groups is 1. The molecule has 1 aliphatic heterocycles. The number of aryl methyl sites for hydroxylation is 1. The van der Waals surface area contributed by atoms with Crippen molar-refractivity contribution in [1.29, 1.82) is 0 Å². The topological polar surface area (TPSA) is 44.4 Å². The smallest absolute Gasteiger partial charge is 0.234 e. The molecule has 1 aliphatic rings. The molecule has 1 fully saturated rings. The second-order valence-electron chi connectivity index (χ2n) is 5.57. The van der Waals surface area contributed by atoms with Crippen LogP contribution in [0.4, 0.5) is 0 Å². The molecule has 1 aromatic carbocycles. The molecule has 1 atom stereocenters. The minimum Gasteiger partial charge on any atom is -0.351 e. The Balaban J connectivity index is 0.00000220. The average molecular weight is 312 g/mol. The highest BCUT2D eigenvalue weighted by molar-refractivity contribution is 5.85. The van der Waals surface area contributed by atoms with E-state index in [4.69, 9.17) is 0 Å². The van der Waals surface area contributed by atoms with E-state index in [0.29, 0.717) is 19.1 Å². The van der Waals surface area contributed by atoms with Crippen LogP contribution in [0.5, 0.6) is 0 Å². The number of halogens is 1. The van der Waals surface area contributed by atoms with E-state index in [0.717, 1.165) is 19.5 Å². The summed E-state index contributed by atoms with van der Waals surface area (Å²) in [7, 11) is 1.99. The second kappa shape index (κ2) is 9.03. The molecule has 0 radical (unpaired) electrons. The molecule has 1 heterocycles. The van der Waals surface area contributed by atoms with Gasteiger partial charge in [0.15, 0.2) is 0 Å². The van der Waals surface area contributed by atoms with Gasteiger partial charge in [-0.05, 0) is 44.5 Å². The molecule has 21 heavy (non-hydrogen) atoms. The molecule has 1 aromatic rings. The van der Waals surface area contributed by atoms with Gasteiger partial charge in [-0.1, -0.05) is 24.3 Å². The Kier molecular flexibility index (Phi) is 7.72. The number of nitrogens with one attached hydrogen (secondary N) is 2. The first-order chi connectivity index (χ1) is 9.69. The molecule has 2 rings (SSSR count). The minimum absolute atomic E-state index is 0. The molecule has 1 amide bonds. The van der Waals surface area contributed by atoms with Gasteiger partial charge in [0.25, 0.3) is 0 Å². The van der Waals surface area contributed by atoms with Gasteiger partial charge in [0.05, 0.1) is 6.54 Å². The van der Waals surface area contributed by atoms with Gasteiger partial charge in [-0.25, -0.2) is 0 Å². The largest absolute Gasteiger partial charge is 0.351 e. The van der Waals surface area contributed by atoms with Crippen molar-refractivity contribution >= 4 is 18.3 Å². The lowest BCUT2D eigenvalue weighted by Crippen LogP contribution is -2.47. The van der Waals surface area contributed by atoms with E-state index < -0.39 is 0 Å². The van der Waals surface area contributed by atoms with Gasteiger partial charge in [-0.3, -0.25) is 9.69 Å². The monoisotopic (exact) mass is 311 g/mol. The first-order valence-electron chi connectivity index (χ1n) is 7.40. The van der Waals surface area contributed by atoms with E-state index in [2.05, 4.69) is 34.6 Å². The van der Waals surface area contributed by atoms with Crippen molar-refractivity contribution < 1.29 is 4.79 Å². The fourth-order valence-electron chi connectivity index (χ4n) is 2.70. The zero-order chi connectivity index (χ0) is 14.4. The predicted molar refractivity (Wildman–Crippen MR) is 88.8 cm³/mol. The fraction of sp³-hybridized carbons (Fsp3) is 0.562. The number of likely N-dealkylation sites (tertiary alicyclic amines) is 1. The third-order valence-electron chi connectivity index (χ3n) is 4.02. The predicted octanol–water partition coefficient (Wildman–Crippen LogP) is 1.72. The molecule has 0 spiro atoms. The van der Waals surface area contributed by atoms with Gasteiger partial charge in [0, 0.05) is 19.1 Å². The summed E-state index contributed by atoms with van der Waals surface area (Å²) < 4.78 is 0. The van der Waals surface area contributed by atoms with Crippen molar-refractivity contribution in [3.05, 3.63) is 35.4 Å². The van der Waals surface area contributed by atoms with E-state index in [9.17, 15) is 4.79 Å². The van der Waals surface area contributed by atoms with Crippen molar-refractivity contribution in [1.82, 2.24) is 15.5 Å². The SMILES string of the molecule is CNC1CCCN(CC(=O)NCc2ccccc2C)C1.Cl. The molecule has 1 saturated heterocycles. The third-order valence-corrected chi connectivity index (χ3v) is 4.02. The first kappa shape index (κ1) is 18.0. The summed E-state index contributed by atoms with van der Waals surface area (Å²) in [5.74, 6) is 0.116. The van der Waals surface area contributed by atoms with E-state index in [-0.39, 0.29) is 18.3 Å². The molecule has 0 aromatic heterocycles. The Morgan fingerprint density at radius 2 is 2.14 bits per heavy atom. The normalized spacial score (nSPS) is 18.9. The van der Waals surface area contributed by atoms with Crippen LogP contribution in [0.25, 0.3) is 0 Å². The lowest BCUT2D eigenvalue weighted by atomic mass is 10.1. The molecule has 0 aliphatic carbocycles. The molecular weight excluding hydrogens is 286 g/mol. The van der Waals surface area contributed by atoms with Crippen LogP contribution in [0.15, 0.2) is 24.3 Å². The summed E-state index contributed by atoms with van der Waals surface area (Å²) in [6.07, 6.45) is 2.37. The van der Waals surface area contributed by atoms with Crippen molar-refractivity contribution in [2.75, 3.05) is 26.7 Å². The Morgan fingerprint density at radius 1 is 1.38 bits per heavy atom. The average Bonchev–Trinajstić information content (AvgIpc) is 2.46. The van der Waals surface area contributed by atoms with Gasteiger partial charge in [-0.2, -0.15) is 0 Å². The number of carbonyl (C=O) groups excluding carboxylic acids is 1. The maximum Gasteiger partial charge on any atom is 0.234 e. The number of piperidine rings is 1. The third kappa shape index (κ3) is 5.65. The lowest BCUT2D eigenvalue weighted by Gasteiger charge is -2.31. The molecule has 0 bridgehead atoms. The van der Waals surface area contributed by atoms with Crippen molar-refractivity contribution in [2.24, 2.45) is 0 Å². The van der Waals surface area contributed by atoms with Crippen molar-refractivity contribution in [2.45, 2.75) is 32.4 Å². The van der Waals surface area contributed by atoms with Gasteiger partial charge in [0.2, 0.25) is 5.91 Å². The van der Waals surface area contributed by atoms with Gasteiger partial charge in [0.1, 0.15) is 0 Å². The summed E-state index contributed by atoms with van der Waals surface area (Å²) in [5, 5.41) is 6.32. The van der Waals surface area contributed by atoms with Crippen LogP contribution < -0.4 is 10.6 Å². The summed E-state index contributed by atoms with van der Waals surface area (Å²) in [4.78, 5) is 14.3. The van der Waals surface area contributed by atoms with Crippen molar-refractivity contribution in [3.63, 3.8) is 0 Å². The lowest BCUT2D eigenvalue weighted by molar-refractivity contribution is -0.122. The van der Waals surface area contributed by atoms with E-state index in [1.165, 1.54) is 17.5 Å². The number of benzene rings is 1. The van der Waals surface area contributed by atoms with Gasteiger partial charge < -0.3 is 10.6 Å².